The number of hydrogen-bond acceptors (Lipinski definition) is 4. The molecule has 106 valence electrons. The molecule has 0 atom stereocenters. The Kier molecular flexibility index (Phi) is 4.36. The summed E-state index contributed by atoms with van der Waals surface area (Å²) < 4.78 is 19.6. The summed E-state index contributed by atoms with van der Waals surface area (Å²) in [6, 6.07) is 3.62. The molecule has 20 heavy (non-hydrogen) atoms. The van der Waals surface area contributed by atoms with Crippen LogP contribution in [0.25, 0.3) is 0 Å². The van der Waals surface area contributed by atoms with Gasteiger partial charge in [0.05, 0.1) is 29.9 Å². The molecule has 0 spiro atoms. The van der Waals surface area contributed by atoms with Gasteiger partial charge in [0.15, 0.2) is 0 Å². The van der Waals surface area contributed by atoms with E-state index in [9.17, 15) is 9.18 Å². The van der Waals surface area contributed by atoms with E-state index < -0.39 is 11.6 Å². The Hall–Kier alpha value is -1.92. The number of methoxy groups -OCH3 is 1. The van der Waals surface area contributed by atoms with Gasteiger partial charge < -0.3 is 10.5 Å². The van der Waals surface area contributed by atoms with E-state index >= 15 is 0 Å². The zero-order valence-corrected chi connectivity index (χ0v) is 11.5. The number of nitrogen functional groups attached to an aromatic ring is 1. The number of aromatic nitrogens is 2. The zero-order chi connectivity index (χ0) is 14.7. The van der Waals surface area contributed by atoms with E-state index in [0.717, 1.165) is 6.07 Å². The van der Waals surface area contributed by atoms with Gasteiger partial charge in [0.2, 0.25) is 5.78 Å². The first kappa shape index (κ1) is 14.5. The van der Waals surface area contributed by atoms with Gasteiger partial charge in [-0.3, -0.25) is 9.48 Å². The number of carbonyl (C=O) groups excluding carboxylic acids is 1. The third-order valence-corrected chi connectivity index (χ3v) is 3.05. The standard InChI is InChI=1S/C13H13ClFN3O2/c1-20-5-4-18-12(10(14)7-17-18)13(19)9-6-8(15)2-3-11(9)16/h2-3,6-7H,4-5,16H2,1H3. The summed E-state index contributed by atoms with van der Waals surface area (Å²) in [5, 5.41) is 4.19. The summed E-state index contributed by atoms with van der Waals surface area (Å²) in [4.78, 5) is 12.5. The molecule has 0 radical (unpaired) electrons. The first-order valence-electron chi connectivity index (χ1n) is 5.84. The smallest absolute Gasteiger partial charge is 0.214 e. The van der Waals surface area contributed by atoms with Crippen molar-refractivity contribution in [3.63, 3.8) is 0 Å². The normalized spacial score (nSPS) is 10.8. The van der Waals surface area contributed by atoms with Crippen LogP contribution >= 0.6 is 11.6 Å². The van der Waals surface area contributed by atoms with Gasteiger partial charge in [-0.15, -0.1) is 0 Å². The number of carbonyl (C=O) groups is 1. The maximum Gasteiger partial charge on any atom is 0.214 e. The summed E-state index contributed by atoms with van der Waals surface area (Å²) in [5.74, 6) is -1.01. The zero-order valence-electron chi connectivity index (χ0n) is 10.8. The molecule has 0 amide bonds. The predicted molar refractivity (Wildman–Crippen MR) is 73.4 cm³/mol. The van der Waals surface area contributed by atoms with Crippen molar-refractivity contribution in [2.45, 2.75) is 6.54 Å². The minimum atomic E-state index is -0.540. The highest BCUT2D eigenvalue weighted by molar-refractivity contribution is 6.34. The topological polar surface area (TPSA) is 70.1 Å². The maximum atomic E-state index is 13.3. The van der Waals surface area contributed by atoms with Crippen LogP contribution in [0.2, 0.25) is 5.02 Å². The Morgan fingerprint density at radius 3 is 3.00 bits per heavy atom. The molecule has 0 saturated heterocycles. The van der Waals surface area contributed by atoms with Crippen LogP contribution in [0.15, 0.2) is 24.4 Å². The van der Waals surface area contributed by atoms with Crippen LogP contribution in [0.5, 0.6) is 0 Å². The first-order chi connectivity index (χ1) is 9.54. The maximum absolute atomic E-state index is 13.3. The molecule has 0 saturated carbocycles. The van der Waals surface area contributed by atoms with E-state index in [0.29, 0.717) is 13.2 Å². The molecule has 1 heterocycles. The Balaban J connectivity index is 2.42. The quantitative estimate of drug-likeness (QED) is 0.678. The highest BCUT2D eigenvalue weighted by Crippen LogP contribution is 2.23. The molecule has 2 N–H and O–H groups in total. The first-order valence-corrected chi connectivity index (χ1v) is 6.22. The Morgan fingerprint density at radius 2 is 2.30 bits per heavy atom. The van der Waals surface area contributed by atoms with E-state index in [4.69, 9.17) is 22.1 Å². The molecule has 0 aliphatic rings. The van der Waals surface area contributed by atoms with Crippen molar-refractivity contribution in [2.24, 2.45) is 0 Å². The summed E-state index contributed by atoms with van der Waals surface area (Å²) >= 11 is 5.98. The molecule has 0 unspecified atom stereocenters. The SMILES string of the molecule is COCCn1ncc(Cl)c1C(=O)c1cc(F)ccc1N. The van der Waals surface area contributed by atoms with E-state index in [1.165, 1.54) is 30.1 Å². The minimum absolute atomic E-state index is 0.0612. The molecular formula is C13H13ClFN3O2. The fraction of sp³-hybridized carbons (Fsp3) is 0.231. The fourth-order valence-corrected chi connectivity index (χ4v) is 2.02. The van der Waals surface area contributed by atoms with Gasteiger partial charge >= 0.3 is 0 Å². The second kappa shape index (κ2) is 6.02. The molecule has 0 aliphatic carbocycles. The van der Waals surface area contributed by atoms with Crippen molar-refractivity contribution in [3.8, 4) is 0 Å². The molecular weight excluding hydrogens is 285 g/mol. The summed E-state index contributed by atoms with van der Waals surface area (Å²) in [6.45, 7) is 0.733. The number of nitrogens with zero attached hydrogens (tertiary/aromatic N) is 2. The van der Waals surface area contributed by atoms with Gasteiger partial charge in [-0.1, -0.05) is 11.6 Å². The van der Waals surface area contributed by atoms with Crippen LogP contribution in [-0.2, 0) is 11.3 Å². The molecule has 1 aromatic carbocycles. The number of hydrogen-bond donors (Lipinski definition) is 1. The molecule has 5 nitrogen and oxygen atoms in total. The predicted octanol–water partition coefficient (Wildman–Crippen LogP) is 2.14. The molecule has 2 rings (SSSR count). The Bertz CT molecular complexity index is 643. The molecule has 0 aliphatic heterocycles. The number of halogens is 2. The van der Waals surface area contributed by atoms with Crippen LogP contribution in [-0.4, -0.2) is 29.3 Å². The average molecular weight is 298 g/mol. The molecule has 1 aromatic heterocycles. The highest BCUT2D eigenvalue weighted by Gasteiger charge is 2.21. The van der Waals surface area contributed by atoms with Crippen molar-refractivity contribution in [1.29, 1.82) is 0 Å². The third-order valence-electron chi connectivity index (χ3n) is 2.78. The van der Waals surface area contributed by atoms with E-state index in [1.807, 2.05) is 0 Å². The van der Waals surface area contributed by atoms with E-state index in [2.05, 4.69) is 5.10 Å². The number of benzene rings is 1. The van der Waals surface area contributed by atoms with Gasteiger partial charge in [0, 0.05) is 12.8 Å². The summed E-state index contributed by atoms with van der Waals surface area (Å²) in [7, 11) is 1.54. The van der Waals surface area contributed by atoms with E-state index in [-0.39, 0.29) is 22.0 Å². The van der Waals surface area contributed by atoms with Gasteiger partial charge in [0.25, 0.3) is 0 Å². The lowest BCUT2D eigenvalue weighted by molar-refractivity contribution is 0.102. The van der Waals surface area contributed by atoms with Crippen molar-refractivity contribution in [1.82, 2.24) is 9.78 Å². The lowest BCUT2D eigenvalue weighted by Crippen LogP contribution is -2.16. The van der Waals surface area contributed by atoms with Gasteiger partial charge in [-0.2, -0.15) is 5.10 Å². The van der Waals surface area contributed by atoms with Gasteiger partial charge in [-0.05, 0) is 18.2 Å². The summed E-state index contributed by atoms with van der Waals surface area (Å²) in [6.07, 6.45) is 1.36. The lowest BCUT2D eigenvalue weighted by atomic mass is 10.1. The number of ketones is 1. The summed E-state index contributed by atoms with van der Waals surface area (Å²) in [5.41, 5.74) is 6.13. The molecule has 0 bridgehead atoms. The largest absolute Gasteiger partial charge is 0.398 e. The van der Waals surface area contributed by atoms with Crippen LogP contribution in [0.3, 0.4) is 0 Å². The highest BCUT2D eigenvalue weighted by atomic mass is 35.5. The number of nitrogens with two attached hydrogens (primary N) is 1. The fourth-order valence-electron chi connectivity index (χ4n) is 1.79. The second-order valence-corrected chi connectivity index (χ2v) is 4.52. The monoisotopic (exact) mass is 297 g/mol. The van der Waals surface area contributed by atoms with E-state index in [1.54, 1.807) is 0 Å². The number of anilines is 1. The Morgan fingerprint density at radius 1 is 1.55 bits per heavy atom. The van der Waals surface area contributed by atoms with Crippen LogP contribution in [0, 0.1) is 5.82 Å². The second-order valence-electron chi connectivity index (χ2n) is 4.12. The van der Waals surface area contributed by atoms with Gasteiger partial charge in [-0.25, -0.2) is 4.39 Å². The number of rotatable bonds is 5. The average Bonchev–Trinajstić information content (AvgIpc) is 2.79. The molecule has 2 aromatic rings. The van der Waals surface area contributed by atoms with Crippen LogP contribution < -0.4 is 5.73 Å². The Labute approximate surface area is 120 Å². The van der Waals surface area contributed by atoms with Crippen molar-refractivity contribution in [3.05, 3.63) is 46.5 Å². The lowest BCUT2D eigenvalue weighted by Gasteiger charge is -2.08. The van der Waals surface area contributed by atoms with Crippen LogP contribution in [0.1, 0.15) is 16.1 Å². The third kappa shape index (κ3) is 2.81. The minimum Gasteiger partial charge on any atom is -0.398 e. The van der Waals surface area contributed by atoms with Crippen molar-refractivity contribution in [2.75, 3.05) is 19.5 Å². The van der Waals surface area contributed by atoms with Crippen molar-refractivity contribution < 1.29 is 13.9 Å². The van der Waals surface area contributed by atoms with Gasteiger partial charge in [0.1, 0.15) is 11.5 Å². The van der Waals surface area contributed by atoms with Crippen LogP contribution in [0.4, 0.5) is 10.1 Å². The molecule has 0 fully saturated rings. The van der Waals surface area contributed by atoms with Crippen molar-refractivity contribution >= 4 is 23.1 Å². The molecule has 7 heteroatoms. The number of ether oxygens (including phenoxy) is 1.